The van der Waals surface area contributed by atoms with Crippen molar-refractivity contribution in [3.63, 3.8) is 0 Å². The first-order valence-electron chi connectivity index (χ1n) is 6.54. The second kappa shape index (κ2) is 7.06. The molecule has 6 nitrogen and oxygen atoms in total. The van der Waals surface area contributed by atoms with Crippen LogP contribution in [0.25, 0.3) is 0 Å². The Labute approximate surface area is 136 Å². The van der Waals surface area contributed by atoms with Gasteiger partial charge >= 0.3 is 5.69 Å². The lowest BCUT2D eigenvalue weighted by atomic mass is 10.2. The molecule has 2 aromatic carbocycles. The lowest BCUT2D eigenvalue weighted by Crippen LogP contribution is -2.30. The third kappa shape index (κ3) is 4.17. The number of nitro groups is 1. The molecular formula is C15H12ClFN2O4. The molecule has 0 aliphatic carbocycles. The van der Waals surface area contributed by atoms with Gasteiger partial charge in [0.1, 0.15) is 5.82 Å². The highest BCUT2D eigenvalue weighted by atomic mass is 35.5. The van der Waals surface area contributed by atoms with Gasteiger partial charge in [0.25, 0.3) is 5.91 Å². The van der Waals surface area contributed by atoms with Crippen LogP contribution in [-0.4, -0.2) is 16.9 Å². The first-order valence-corrected chi connectivity index (χ1v) is 6.92. The summed E-state index contributed by atoms with van der Waals surface area (Å²) in [5.41, 5.74) is 0.0522. The smallest absolute Gasteiger partial charge is 0.310 e. The van der Waals surface area contributed by atoms with Gasteiger partial charge in [-0.2, -0.15) is 0 Å². The SMILES string of the molecule is CC(Oc1ccccc1[N+](=O)[O-])C(=O)Nc1ccc(F)c(Cl)c1. The van der Waals surface area contributed by atoms with Gasteiger partial charge in [0.15, 0.2) is 11.9 Å². The Morgan fingerprint density at radius 3 is 2.70 bits per heavy atom. The number of ether oxygens (including phenoxy) is 1. The Morgan fingerprint density at radius 1 is 1.35 bits per heavy atom. The van der Waals surface area contributed by atoms with Crippen LogP contribution in [0, 0.1) is 15.9 Å². The molecule has 0 saturated carbocycles. The minimum absolute atomic E-state index is 0.0164. The van der Waals surface area contributed by atoms with Crippen molar-refractivity contribution in [2.75, 3.05) is 5.32 Å². The summed E-state index contributed by atoms with van der Waals surface area (Å²) in [5, 5.41) is 13.3. The molecule has 0 aromatic heterocycles. The summed E-state index contributed by atoms with van der Waals surface area (Å²) >= 11 is 5.63. The van der Waals surface area contributed by atoms with E-state index in [2.05, 4.69) is 5.32 Å². The van der Waals surface area contributed by atoms with Crippen molar-refractivity contribution >= 4 is 28.9 Å². The van der Waals surface area contributed by atoms with Crippen LogP contribution in [0.15, 0.2) is 42.5 Å². The van der Waals surface area contributed by atoms with E-state index in [1.54, 1.807) is 6.07 Å². The minimum atomic E-state index is -1.00. The van der Waals surface area contributed by atoms with Gasteiger partial charge in [-0.15, -0.1) is 0 Å². The molecule has 1 N–H and O–H groups in total. The summed E-state index contributed by atoms with van der Waals surface area (Å²) in [6, 6.07) is 9.45. The zero-order valence-electron chi connectivity index (χ0n) is 12.0. The Hall–Kier alpha value is -2.67. The van der Waals surface area contributed by atoms with Gasteiger partial charge in [0.05, 0.1) is 9.95 Å². The highest BCUT2D eigenvalue weighted by Gasteiger charge is 2.20. The van der Waals surface area contributed by atoms with E-state index in [-0.39, 0.29) is 16.5 Å². The standard InChI is InChI=1S/C15H12ClFN2O4/c1-9(23-14-5-3-2-4-13(14)19(21)22)15(20)18-10-6-7-12(17)11(16)8-10/h2-9H,1H3,(H,18,20). The molecule has 1 amide bonds. The Balaban J connectivity index is 2.08. The number of nitro benzene ring substituents is 1. The quantitative estimate of drug-likeness (QED) is 0.664. The molecule has 0 radical (unpaired) electrons. The third-order valence-electron chi connectivity index (χ3n) is 2.92. The van der Waals surface area contributed by atoms with Crippen LogP contribution in [0.3, 0.4) is 0 Å². The molecular weight excluding hydrogens is 327 g/mol. The van der Waals surface area contributed by atoms with Crippen LogP contribution in [0.1, 0.15) is 6.92 Å². The first kappa shape index (κ1) is 16.7. The maximum Gasteiger partial charge on any atom is 0.310 e. The molecule has 0 spiro atoms. The number of anilines is 1. The number of amides is 1. The summed E-state index contributed by atoms with van der Waals surface area (Å²) < 4.78 is 18.4. The Morgan fingerprint density at radius 2 is 2.04 bits per heavy atom. The lowest BCUT2D eigenvalue weighted by molar-refractivity contribution is -0.386. The van der Waals surface area contributed by atoms with Crippen LogP contribution < -0.4 is 10.1 Å². The Kier molecular flexibility index (Phi) is 5.13. The molecule has 120 valence electrons. The number of benzene rings is 2. The van der Waals surface area contributed by atoms with E-state index in [1.807, 2.05) is 0 Å². The van der Waals surface area contributed by atoms with Crippen molar-refractivity contribution in [1.82, 2.24) is 0 Å². The fourth-order valence-corrected chi connectivity index (χ4v) is 1.95. The largest absolute Gasteiger partial charge is 0.474 e. The number of carbonyl (C=O) groups excluding carboxylic acids is 1. The molecule has 0 fully saturated rings. The summed E-state index contributed by atoms with van der Waals surface area (Å²) in [6.45, 7) is 1.44. The molecule has 1 unspecified atom stereocenters. The van der Waals surface area contributed by atoms with Crippen molar-refractivity contribution in [1.29, 1.82) is 0 Å². The maximum absolute atomic E-state index is 13.1. The van der Waals surface area contributed by atoms with Gasteiger partial charge in [-0.25, -0.2) is 4.39 Å². The average molecular weight is 339 g/mol. The number of nitrogens with one attached hydrogen (secondary N) is 1. The fraction of sp³-hybridized carbons (Fsp3) is 0.133. The normalized spacial score (nSPS) is 11.6. The highest BCUT2D eigenvalue weighted by molar-refractivity contribution is 6.31. The molecule has 0 aliphatic heterocycles. The average Bonchev–Trinajstić information content (AvgIpc) is 2.51. The lowest BCUT2D eigenvalue weighted by Gasteiger charge is -2.14. The van der Waals surface area contributed by atoms with Gasteiger partial charge in [-0.3, -0.25) is 14.9 Å². The number of hydrogen-bond acceptors (Lipinski definition) is 4. The van der Waals surface area contributed by atoms with Crippen molar-refractivity contribution < 1.29 is 18.8 Å². The topological polar surface area (TPSA) is 81.5 Å². The molecule has 8 heteroatoms. The van der Waals surface area contributed by atoms with Crippen molar-refractivity contribution in [3.05, 3.63) is 63.4 Å². The van der Waals surface area contributed by atoms with Gasteiger partial charge < -0.3 is 10.1 Å². The second-order valence-electron chi connectivity index (χ2n) is 4.60. The van der Waals surface area contributed by atoms with E-state index in [0.29, 0.717) is 5.69 Å². The summed E-state index contributed by atoms with van der Waals surface area (Å²) in [4.78, 5) is 22.4. The van der Waals surface area contributed by atoms with Gasteiger partial charge in [0, 0.05) is 11.8 Å². The van der Waals surface area contributed by atoms with E-state index in [4.69, 9.17) is 16.3 Å². The first-order chi connectivity index (χ1) is 10.9. The van der Waals surface area contributed by atoms with Gasteiger partial charge in [0.2, 0.25) is 0 Å². The molecule has 1 atom stereocenters. The van der Waals surface area contributed by atoms with Gasteiger partial charge in [-0.1, -0.05) is 23.7 Å². The predicted octanol–water partition coefficient (Wildman–Crippen LogP) is 3.79. The molecule has 0 saturated heterocycles. The summed E-state index contributed by atoms with van der Waals surface area (Å²) in [6.07, 6.45) is -1.00. The summed E-state index contributed by atoms with van der Waals surface area (Å²) in [7, 11) is 0. The fourth-order valence-electron chi connectivity index (χ4n) is 1.77. The van der Waals surface area contributed by atoms with Crippen molar-refractivity contribution in [2.45, 2.75) is 13.0 Å². The van der Waals surface area contributed by atoms with Crippen LogP contribution in [0.2, 0.25) is 5.02 Å². The van der Waals surface area contributed by atoms with Crippen LogP contribution >= 0.6 is 11.6 Å². The van der Waals surface area contributed by atoms with Crippen LogP contribution in [0.4, 0.5) is 15.8 Å². The van der Waals surface area contributed by atoms with E-state index in [9.17, 15) is 19.3 Å². The number of carbonyl (C=O) groups is 1. The zero-order valence-corrected chi connectivity index (χ0v) is 12.7. The monoisotopic (exact) mass is 338 g/mol. The number of para-hydroxylation sites is 2. The number of hydrogen-bond donors (Lipinski definition) is 1. The van der Waals surface area contributed by atoms with E-state index < -0.39 is 22.8 Å². The summed E-state index contributed by atoms with van der Waals surface area (Å²) in [5.74, 6) is -1.17. The highest BCUT2D eigenvalue weighted by Crippen LogP contribution is 2.27. The number of halogens is 2. The molecule has 0 heterocycles. The Bertz CT molecular complexity index is 754. The number of nitrogens with zero attached hydrogens (tertiary/aromatic N) is 1. The predicted molar refractivity (Wildman–Crippen MR) is 83.2 cm³/mol. The molecule has 0 aliphatic rings. The van der Waals surface area contributed by atoms with Crippen molar-refractivity contribution in [2.24, 2.45) is 0 Å². The van der Waals surface area contributed by atoms with Crippen LogP contribution in [0.5, 0.6) is 5.75 Å². The van der Waals surface area contributed by atoms with E-state index >= 15 is 0 Å². The third-order valence-corrected chi connectivity index (χ3v) is 3.21. The van der Waals surface area contributed by atoms with Crippen LogP contribution in [-0.2, 0) is 4.79 Å². The number of rotatable bonds is 5. The maximum atomic E-state index is 13.1. The van der Waals surface area contributed by atoms with E-state index in [1.165, 1.54) is 37.3 Å². The van der Waals surface area contributed by atoms with E-state index in [0.717, 1.165) is 6.07 Å². The molecule has 23 heavy (non-hydrogen) atoms. The van der Waals surface area contributed by atoms with Gasteiger partial charge in [-0.05, 0) is 31.2 Å². The minimum Gasteiger partial charge on any atom is -0.474 e. The molecule has 2 aromatic rings. The second-order valence-corrected chi connectivity index (χ2v) is 5.01. The molecule has 2 rings (SSSR count). The molecule has 0 bridgehead atoms. The zero-order chi connectivity index (χ0) is 17.0. The van der Waals surface area contributed by atoms with Crippen molar-refractivity contribution in [3.8, 4) is 5.75 Å².